The lowest BCUT2D eigenvalue weighted by atomic mass is 10.1. The van der Waals surface area contributed by atoms with Gasteiger partial charge in [-0.2, -0.15) is 5.10 Å². The van der Waals surface area contributed by atoms with Crippen molar-refractivity contribution >= 4 is 21.6 Å². The summed E-state index contributed by atoms with van der Waals surface area (Å²) >= 11 is 0. The molecule has 0 radical (unpaired) electrons. The van der Waals surface area contributed by atoms with Gasteiger partial charge in [0.05, 0.1) is 31.1 Å². The molecular formula is C19H19FN4O4S. The molecule has 0 saturated heterocycles. The quantitative estimate of drug-likeness (QED) is 0.610. The van der Waals surface area contributed by atoms with Gasteiger partial charge in [0.25, 0.3) is 0 Å². The predicted octanol–water partition coefficient (Wildman–Crippen LogP) is 2.24. The second-order valence-corrected chi connectivity index (χ2v) is 7.66. The van der Waals surface area contributed by atoms with E-state index in [1.54, 1.807) is 24.3 Å². The topological polar surface area (TPSA) is 116 Å². The highest BCUT2D eigenvalue weighted by Gasteiger charge is 2.18. The summed E-state index contributed by atoms with van der Waals surface area (Å²) in [5.74, 6) is -0.259. The molecule has 3 aromatic rings. The number of carbonyl (C=O) groups is 1. The Morgan fingerprint density at radius 3 is 2.55 bits per heavy atom. The number of ether oxygens (including phenoxy) is 1. The normalized spacial score (nSPS) is 11.3. The van der Waals surface area contributed by atoms with Gasteiger partial charge in [-0.3, -0.25) is 4.79 Å². The molecule has 0 aliphatic rings. The molecule has 3 N–H and O–H groups in total. The number of nitrogens with one attached hydrogen (secondary N) is 1. The summed E-state index contributed by atoms with van der Waals surface area (Å²) in [6, 6.07) is 11.2. The minimum Gasteiger partial charge on any atom is -0.494 e. The maximum Gasteiger partial charge on any atom is 0.240 e. The molecule has 0 unspecified atom stereocenters. The number of hydrogen-bond donors (Lipinski definition) is 2. The summed E-state index contributed by atoms with van der Waals surface area (Å²) in [5, 5.41) is 11.7. The average molecular weight is 418 g/mol. The van der Waals surface area contributed by atoms with Crippen molar-refractivity contribution < 1.29 is 22.3 Å². The summed E-state index contributed by atoms with van der Waals surface area (Å²) in [5.41, 5.74) is 1.07. The van der Waals surface area contributed by atoms with Crippen molar-refractivity contribution in [1.82, 2.24) is 9.78 Å². The minimum atomic E-state index is -4.15. The number of anilines is 1. The lowest BCUT2D eigenvalue weighted by Gasteiger charge is -2.11. The van der Waals surface area contributed by atoms with Gasteiger partial charge in [0, 0.05) is 5.69 Å². The first kappa shape index (κ1) is 20.5. The van der Waals surface area contributed by atoms with E-state index < -0.39 is 15.8 Å². The van der Waals surface area contributed by atoms with Gasteiger partial charge in [0.2, 0.25) is 15.9 Å². The van der Waals surface area contributed by atoms with Crippen LogP contribution >= 0.6 is 0 Å². The zero-order valence-electron chi connectivity index (χ0n) is 15.5. The maximum absolute atomic E-state index is 13.2. The average Bonchev–Trinajstić information content (AvgIpc) is 3.09. The van der Waals surface area contributed by atoms with Gasteiger partial charge in [-0.25, -0.2) is 22.6 Å². The number of nitrogens with zero attached hydrogens (tertiary/aromatic N) is 2. The monoisotopic (exact) mass is 418 g/mol. The van der Waals surface area contributed by atoms with E-state index in [1.807, 2.05) is 6.92 Å². The van der Waals surface area contributed by atoms with E-state index in [9.17, 15) is 17.6 Å². The zero-order valence-corrected chi connectivity index (χ0v) is 16.3. The first-order valence-corrected chi connectivity index (χ1v) is 10.2. The number of rotatable bonds is 7. The first-order valence-electron chi connectivity index (χ1n) is 8.65. The Morgan fingerprint density at radius 1 is 1.24 bits per heavy atom. The van der Waals surface area contributed by atoms with Gasteiger partial charge in [0.1, 0.15) is 10.6 Å². The lowest BCUT2D eigenvalue weighted by molar-refractivity contribution is -0.115. The van der Waals surface area contributed by atoms with E-state index in [-0.39, 0.29) is 28.6 Å². The molecule has 0 bridgehead atoms. The minimum absolute atomic E-state index is 0.0703. The van der Waals surface area contributed by atoms with Crippen LogP contribution in [0.1, 0.15) is 12.5 Å². The molecule has 10 heteroatoms. The molecule has 152 valence electrons. The highest BCUT2D eigenvalue weighted by Crippen LogP contribution is 2.23. The summed E-state index contributed by atoms with van der Waals surface area (Å²) in [6.07, 6.45) is 2.05. The second-order valence-electron chi connectivity index (χ2n) is 6.13. The van der Waals surface area contributed by atoms with E-state index in [2.05, 4.69) is 10.4 Å². The fraction of sp³-hybridized carbons (Fsp3) is 0.158. The van der Waals surface area contributed by atoms with Crippen molar-refractivity contribution in [2.24, 2.45) is 5.14 Å². The molecule has 0 fully saturated rings. The predicted molar refractivity (Wildman–Crippen MR) is 105 cm³/mol. The number of hydrogen-bond acceptors (Lipinski definition) is 5. The van der Waals surface area contributed by atoms with Crippen LogP contribution in [0.4, 0.5) is 10.1 Å². The van der Waals surface area contributed by atoms with Crippen molar-refractivity contribution in [3.8, 4) is 11.4 Å². The third kappa shape index (κ3) is 5.18. The van der Waals surface area contributed by atoms with Crippen LogP contribution in [0.3, 0.4) is 0 Å². The van der Waals surface area contributed by atoms with Crippen LogP contribution in [-0.4, -0.2) is 30.7 Å². The summed E-state index contributed by atoms with van der Waals surface area (Å²) in [6.45, 7) is 2.43. The molecule has 1 aromatic heterocycles. The molecule has 8 nitrogen and oxygen atoms in total. The number of benzene rings is 2. The smallest absolute Gasteiger partial charge is 0.240 e. The largest absolute Gasteiger partial charge is 0.494 e. The number of amides is 1. The van der Waals surface area contributed by atoms with Crippen LogP contribution < -0.4 is 15.2 Å². The molecule has 3 rings (SSSR count). The molecule has 0 spiro atoms. The second kappa shape index (κ2) is 8.41. The Kier molecular flexibility index (Phi) is 5.95. The van der Waals surface area contributed by atoms with Crippen LogP contribution in [0.5, 0.6) is 5.75 Å². The van der Waals surface area contributed by atoms with Crippen molar-refractivity contribution in [3.63, 3.8) is 0 Å². The number of nitrogens with two attached hydrogens (primary N) is 1. The Bertz CT molecular complexity index is 1130. The van der Waals surface area contributed by atoms with E-state index in [0.717, 1.165) is 22.6 Å². The van der Waals surface area contributed by atoms with E-state index >= 15 is 0 Å². The van der Waals surface area contributed by atoms with E-state index in [1.165, 1.54) is 18.2 Å². The highest BCUT2D eigenvalue weighted by molar-refractivity contribution is 7.89. The maximum atomic E-state index is 13.2. The van der Waals surface area contributed by atoms with Gasteiger partial charge in [0.15, 0.2) is 5.82 Å². The van der Waals surface area contributed by atoms with Gasteiger partial charge in [-0.15, -0.1) is 0 Å². The van der Waals surface area contributed by atoms with Crippen molar-refractivity contribution in [2.45, 2.75) is 18.2 Å². The standard InChI is InChI=1S/C19H19FN4O4S/c1-2-28-16-6-3-13(4-7-16)9-19(25)23-15-5-8-17(18(10-15)29(21,26)27)24-12-14(20)11-22-24/h3-8,10-12H,2,9H2,1H3,(H,23,25)(H2,21,26,27). The van der Waals surface area contributed by atoms with E-state index in [0.29, 0.717) is 12.4 Å². The van der Waals surface area contributed by atoms with Crippen molar-refractivity contribution in [1.29, 1.82) is 0 Å². The third-order valence-electron chi connectivity index (χ3n) is 3.95. The Hall–Kier alpha value is -3.24. The SMILES string of the molecule is CCOc1ccc(CC(=O)Nc2ccc(-n3cc(F)cn3)c(S(N)(=O)=O)c2)cc1. The van der Waals surface area contributed by atoms with Crippen LogP contribution in [0.25, 0.3) is 5.69 Å². The Balaban J connectivity index is 1.79. The lowest BCUT2D eigenvalue weighted by Crippen LogP contribution is -2.18. The Labute approximate surface area is 167 Å². The van der Waals surface area contributed by atoms with Crippen molar-refractivity contribution in [3.05, 3.63) is 66.2 Å². The Morgan fingerprint density at radius 2 is 1.97 bits per heavy atom. The molecule has 0 saturated carbocycles. The molecule has 1 heterocycles. The highest BCUT2D eigenvalue weighted by atomic mass is 32.2. The fourth-order valence-corrected chi connectivity index (χ4v) is 3.45. The van der Waals surface area contributed by atoms with E-state index in [4.69, 9.17) is 9.88 Å². The van der Waals surface area contributed by atoms with Gasteiger partial charge in [-0.1, -0.05) is 12.1 Å². The summed E-state index contributed by atoms with van der Waals surface area (Å²) < 4.78 is 43.6. The number of primary sulfonamides is 1. The van der Waals surface area contributed by atoms with Gasteiger partial charge < -0.3 is 10.1 Å². The molecule has 29 heavy (non-hydrogen) atoms. The molecule has 1 amide bonds. The first-order chi connectivity index (χ1) is 13.8. The zero-order chi connectivity index (χ0) is 21.0. The van der Waals surface area contributed by atoms with Crippen LogP contribution in [0, 0.1) is 5.82 Å². The summed E-state index contributed by atoms with van der Waals surface area (Å²) in [4.78, 5) is 12.0. The van der Waals surface area contributed by atoms with Gasteiger partial charge >= 0.3 is 0 Å². The fourth-order valence-electron chi connectivity index (χ4n) is 2.70. The van der Waals surface area contributed by atoms with Crippen LogP contribution in [0.2, 0.25) is 0 Å². The van der Waals surface area contributed by atoms with Crippen molar-refractivity contribution in [2.75, 3.05) is 11.9 Å². The van der Waals surface area contributed by atoms with Gasteiger partial charge in [-0.05, 0) is 42.8 Å². The van der Waals surface area contributed by atoms with Crippen LogP contribution in [-0.2, 0) is 21.2 Å². The molecule has 0 atom stereocenters. The molecule has 0 aliphatic carbocycles. The third-order valence-corrected chi connectivity index (χ3v) is 4.89. The number of carbonyl (C=O) groups excluding carboxylic acids is 1. The summed E-state index contributed by atoms with van der Waals surface area (Å²) in [7, 11) is -4.15. The molecular weight excluding hydrogens is 399 g/mol. The number of aromatic nitrogens is 2. The van der Waals surface area contributed by atoms with Crippen LogP contribution in [0.15, 0.2) is 59.8 Å². The number of halogens is 1. The molecule has 0 aliphatic heterocycles. The molecule has 2 aromatic carbocycles. The number of sulfonamides is 1.